The second-order valence-electron chi connectivity index (χ2n) is 7.52. The fourth-order valence-corrected chi connectivity index (χ4v) is 4.25. The molecule has 1 atom stereocenters. The molecule has 0 unspecified atom stereocenters. The summed E-state index contributed by atoms with van der Waals surface area (Å²) in [5, 5.41) is 11.8. The number of amides is 1. The van der Waals surface area contributed by atoms with Crippen LogP contribution in [-0.2, 0) is 19.2 Å². The minimum absolute atomic E-state index is 0.0254. The summed E-state index contributed by atoms with van der Waals surface area (Å²) in [5.74, 6) is -0.940. The van der Waals surface area contributed by atoms with Crippen molar-refractivity contribution < 1.29 is 29.1 Å². The van der Waals surface area contributed by atoms with E-state index in [-0.39, 0.29) is 18.9 Å². The molecule has 7 nitrogen and oxygen atoms in total. The van der Waals surface area contributed by atoms with Crippen molar-refractivity contribution in [2.45, 2.75) is 53.1 Å². The molecule has 7 heteroatoms. The van der Waals surface area contributed by atoms with Crippen molar-refractivity contribution in [1.29, 1.82) is 0 Å². The highest BCUT2D eigenvalue weighted by molar-refractivity contribution is 6.10. The van der Waals surface area contributed by atoms with Gasteiger partial charge < -0.3 is 14.7 Å². The van der Waals surface area contributed by atoms with Crippen LogP contribution in [0.1, 0.15) is 47.5 Å². The standard InChI is InChI=1S/C20H25NO6/c1-6-26-18(24)21(27-13(4)22)10-15-11(2)9-14-16(15)12(3)20(7-8-20)19(5,25)17(14)23/h9,25H,6-8,10H2,1-5H3/t19-/m0/s1. The van der Waals surface area contributed by atoms with Gasteiger partial charge in [0.2, 0.25) is 0 Å². The van der Waals surface area contributed by atoms with Gasteiger partial charge in [-0.2, -0.15) is 0 Å². The molecule has 0 aromatic heterocycles. The number of aliphatic hydroxyl groups is 1. The number of hydrogen-bond donors (Lipinski definition) is 1. The number of ketones is 1. The molecule has 3 aliphatic carbocycles. The van der Waals surface area contributed by atoms with Gasteiger partial charge in [-0.1, -0.05) is 5.57 Å². The van der Waals surface area contributed by atoms with Crippen molar-refractivity contribution in [1.82, 2.24) is 5.06 Å². The predicted octanol–water partition coefficient (Wildman–Crippen LogP) is 2.61. The monoisotopic (exact) mass is 375 g/mol. The second-order valence-corrected chi connectivity index (χ2v) is 7.52. The molecule has 3 rings (SSSR count). The number of hydrogen-bond acceptors (Lipinski definition) is 6. The van der Waals surface area contributed by atoms with E-state index >= 15 is 0 Å². The number of hydroxylamine groups is 2. The fraction of sp³-hybridized carbons (Fsp3) is 0.550. The molecule has 0 heterocycles. The molecule has 0 radical (unpaired) electrons. The van der Waals surface area contributed by atoms with Gasteiger partial charge in [-0.25, -0.2) is 4.79 Å². The van der Waals surface area contributed by atoms with Crippen LogP contribution in [0.15, 0.2) is 33.9 Å². The lowest BCUT2D eigenvalue weighted by atomic mass is 9.67. The molecular formula is C20H25NO6. The SMILES string of the molecule is CCOC(=O)N(CC1=C(C)C=C2C(=O)[C@](C)(O)C3(CC3)C(C)=C21)OC(C)=O. The average Bonchev–Trinajstić information content (AvgIpc) is 3.33. The molecular weight excluding hydrogens is 350 g/mol. The zero-order valence-corrected chi connectivity index (χ0v) is 16.3. The summed E-state index contributed by atoms with van der Waals surface area (Å²) in [7, 11) is 0. The van der Waals surface area contributed by atoms with Gasteiger partial charge in [-0.15, -0.1) is 5.06 Å². The first-order valence-corrected chi connectivity index (χ1v) is 9.10. The van der Waals surface area contributed by atoms with Crippen molar-refractivity contribution >= 4 is 17.8 Å². The maximum atomic E-state index is 13.0. The van der Waals surface area contributed by atoms with Gasteiger partial charge in [0.1, 0.15) is 5.60 Å². The Labute approximate surface area is 158 Å². The van der Waals surface area contributed by atoms with E-state index in [4.69, 9.17) is 9.57 Å². The van der Waals surface area contributed by atoms with Crippen LogP contribution in [-0.4, -0.2) is 46.8 Å². The smallest absolute Gasteiger partial charge is 0.443 e. The highest BCUT2D eigenvalue weighted by atomic mass is 16.7. The number of rotatable bonds is 3. The molecule has 1 saturated carbocycles. The molecule has 3 aliphatic rings. The number of Topliss-reactive ketones (excluding diaryl/α,β-unsaturated/α-hetero) is 1. The summed E-state index contributed by atoms with van der Waals surface area (Å²) in [4.78, 5) is 41.6. The summed E-state index contributed by atoms with van der Waals surface area (Å²) in [6.07, 6.45) is 2.45. The van der Waals surface area contributed by atoms with E-state index in [1.54, 1.807) is 19.9 Å². The first kappa shape index (κ1) is 19.4. The molecule has 0 bridgehead atoms. The lowest BCUT2D eigenvalue weighted by molar-refractivity contribution is -0.177. The first-order valence-electron chi connectivity index (χ1n) is 9.10. The van der Waals surface area contributed by atoms with Crippen LogP contribution >= 0.6 is 0 Å². The molecule has 0 aliphatic heterocycles. The third kappa shape index (κ3) is 2.81. The van der Waals surface area contributed by atoms with Crippen LogP contribution in [0.5, 0.6) is 0 Å². The maximum Gasteiger partial charge on any atom is 0.443 e. The fourth-order valence-electron chi connectivity index (χ4n) is 4.25. The Morgan fingerprint density at radius 2 is 1.93 bits per heavy atom. The lowest BCUT2D eigenvalue weighted by Crippen LogP contribution is -2.49. The Morgan fingerprint density at radius 3 is 2.44 bits per heavy atom. The zero-order chi connectivity index (χ0) is 20.1. The van der Waals surface area contributed by atoms with Crippen molar-refractivity contribution in [3.63, 3.8) is 0 Å². The first-order chi connectivity index (χ1) is 12.6. The van der Waals surface area contributed by atoms with E-state index in [0.717, 1.165) is 40.2 Å². The van der Waals surface area contributed by atoms with Gasteiger partial charge in [0.25, 0.3) is 0 Å². The number of fused-ring (bicyclic) bond motifs is 1. The molecule has 0 aromatic carbocycles. The van der Waals surface area contributed by atoms with E-state index in [2.05, 4.69) is 0 Å². The van der Waals surface area contributed by atoms with E-state index in [0.29, 0.717) is 5.57 Å². The average molecular weight is 375 g/mol. The molecule has 1 fully saturated rings. The molecule has 1 amide bonds. The van der Waals surface area contributed by atoms with Gasteiger partial charge in [0.15, 0.2) is 5.78 Å². The number of allylic oxidation sites excluding steroid dienone is 2. The highest BCUT2D eigenvalue weighted by Gasteiger charge is 2.65. The summed E-state index contributed by atoms with van der Waals surface area (Å²) >= 11 is 0. The summed E-state index contributed by atoms with van der Waals surface area (Å²) in [6.45, 7) is 8.33. The predicted molar refractivity (Wildman–Crippen MR) is 96.3 cm³/mol. The minimum atomic E-state index is -1.43. The van der Waals surface area contributed by atoms with Crippen LogP contribution in [0.2, 0.25) is 0 Å². The highest BCUT2D eigenvalue weighted by Crippen LogP contribution is 2.64. The third-order valence-electron chi connectivity index (χ3n) is 5.88. The molecule has 146 valence electrons. The van der Waals surface area contributed by atoms with Crippen molar-refractivity contribution in [2.24, 2.45) is 5.41 Å². The van der Waals surface area contributed by atoms with Crippen LogP contribution in [0.3, 0.4) is 0 Å². The van der Waals surface area contributed by atoms with Gasteiger partial charge >= 0.3 is 12.1 Å². The van der Waals surface area contributed by atoms with Gasteiger partial charge in [0, 0.05) is 17.9 Å². The number of carbonyl (C=O) groups excluding carboxylic acids is 3. The topological polar surface area (TPSA) is 93.1 Å². The molecule has 0 saturated heterocycles. The Hall–Kier alpha value is -2.41. The van der Waals surface area contributed by atoms with E-state index < -0.39 is 23.1 Å². The Balaban J connectivity index is 2.00. The van der Waals surface area contributed by atoms with E-state index in [1.807, 2.05) is 13.8 Å². The Kier molecular flexibility index (Phi) is 4.54. The maximum absolute atomic E-state index is 13.0. The summed E-state index contributed by atoms with van der Waals surface area (Å²) < 4.78 is 4.97. The summed E-state index contributed by atoms with van der Waals surface area (Å²) in [6, 6.07) is 0. The third-order valence-corrected chi connectivity index (χ3v) is 5.88. The van der Waals surface area contributed by atoms with Crippen LogP contribution in [0.25, 0.3) is 0 Å². The van der Waals surface area contributed by atoms with Crippen LogP contribution < -0.4 is 0 Å². The number of carbonyl (C=O) groups is 3. The van der Waals surface area contributed by atoms with Crippen molar-refractivity contribution in [2.75, 3.05) is 13.2 Å². The van der Waals surface area contributed by atoms with E-state index in [1.165, 1.54) is 6.92 Å². The Morgan fingerprint density at radius 1 is 1.30 bits per heavy atom. The van der Waals surface area contributed by atoms with Crippen LogP contribution in [0, 0.1) is 5.41 Å². The molecule has 1 spiro atoms. The normalized spacial score (nSPS) is 25.4. The number of nitrogens with zero attached hydrogens (tertiary/aromatic N) is 1. The second kappa shape index (κ2) is 6.34. The minimum Gasteiger partial charge on any atom is -0.448 e. The van der Waals surface area contributed by atoms with Crippen molar-refractivity contribution in [3.05, 3.63) is 33.9 Å². The zero-order valence-electron chi connectivity index (χ0n) is 16.3. The Bertz CT molecular complexity index is 825. The quantitative estimate of drug-likeness (QED) is 0.762. The molecule has 27 heavy (non-hydrogen) atoms. The molecule has 0 aromatic rings. The largest absolute Gasteiger partial charge is 0.448 e. The lowest BCUT2D eigenvalue weighted by Gasteiger charge is -2.39. The van der Waals surface area contributed by atoms with Gasteiger partial charge in [0.05, 0.1) is 13.2 Å². The van der Waals surface area contributed by atoms with Crippen LogP contribution in [0.4, 0.5) is 4.79 Å². The van der Waals surface area contributed by atoms with Gasteiger partial charge in [-0.05, 0) is 63.3 Å². The van der Waals surface area contributed by atoms with E-state index in [9.17, 15) is 19.5 Å². The molecule has 1 N–H and O–H groups in total. The summed E-state index contributed by atoms with van der Waals surface area (Å²) in [5.41, 5.74) is 1.69. The van der Waals surface area contributed by atoms with Crippen molar-refractivity contribution in [3.8, 4) is 0 Å². The number of ether oxygens (including phenoxy) is 1. The van der Waals surface area contributed by atoms with Gasteiger partial charge in [-0.3, -0.25) is 9.59 Å².